The second-order valence-electron chi connectivity index (χ2n) is 10.4. The van der Waals surface area contributed by atoms with Gasteiger partial charge in [-0.15, -0.1) is 0 Å². The zero-order chi connectivity index (χ0) is 31.4. The first-order valence-electron chi connectivity index (χ1n) is 13.7. The van der Waals surface area contributed by atoms with Crippen LogP contribution in [0.15, 0.2) is 120 Å². The lowest BCUT2D eigenvalue weighted by atomic mass is 10.0. The summed E-state index contributed by atoms with van der Waals surface area (Å²) in [5.74, 6) is -1.89. The number of hydrogen-bond donors (Lipinski definition) is 2. The van der Waals surface area contributed by atoms with E-state index in [2.05, 4.69) is 5.32 Å². The van der Waals surface area contributed by atoms with Crippen molar-refractivity contribution in [2.24, 2.45) is 0 Å². The fourth-order valence-corrected chi connectivity index (χ4v) is 4.82. The molecule has 0 spiro atoms. The van der Waals surface area contributed by atoms with Crippen LogP contribution in [0.4, 0.5) is 18.9 Å². The number of carbonyl (C=O) groups is 2. The van der Waals surface area contributed by atoms with Crippen LogP contribution < -0.4 is 10.9 Å². The summed E-state index contributed by atoms with van der Waals surface area (Å²) < 4.78 is 40.6. The van der Waals surface area contributed by atoms with E-state index in [9.17, 15) is 32.7 Å². The maximum atomic E-state index is 13.7. The van der Waals surface area contributed by atoms with Gasteiger partial charge in [0.1, 0.15) is 11.7 Å². The first kappa shape index (κ1) is 30.0. The van der Waals surface area contributed by atoms with Gasteiger partial charge in [0.15, 0.2) is 0 Å². The number of hydrogen-bond acceptors (Lipinski definition) is 3. The predicted molar refractivity (Wildman–Crippen MR) is 163 cm³/mol. The van der Waals surface area contributed by atoms with Gasteiger partial charge >= 0.3 is 12.1 Å². The van der Waals surface area contributed by atoms with E-state index in [1.807, 2.05) is 49.4 Å². The number of aryl methyl sites for hydroxylation is 1. The Bertz CT molecular complexity index is 1850. The van der Waals surface area contributed by atoms with E-state index in [-0.39, 0.29) is 23.2 Å². The number of alkyl halides is 3. The highest BCUT2D eigenvalue weighted by atomic mass is 19.4. The van der Waals surface area contributed by atoms with E-state index in [1.54, 1.807) is 36.4 Å². The highest BCUT2D eigenvalue weighted by molar-refractivity contribution is 6.04. The molecule has 9 heteroatoms. The molecule has 0 radical (unpaired) electrons. The summed E-state index contributed by atoms with van der Waals surface area (Å²) in [4.78, 5) is 39.4. The minimum absolute atomic E-state index is 0.0413. The van der Waals surface area contributed by atoms with Gasteiger partial charge in [0.05, 0.1) is 5.56 Å². The van der Waals surface area contributed by atoms with Crippen LogP contribution in [-0.2, 0) is 17.4 Å². The Hall–Kier alpha value is -5.44. The summed E-state index contributed by atoms with van der Waals surface area (Å²) in [6, 6.07) is 27.7. The molecule has 1 atom stereocenters. The molecular formula is C35H27F3N2O4. The Labute approximate surface area is 251 Å². The Morgan fingerprint density at radius 3 is 1.95 bits per heavy atom. The molecule has 4 aromatic carbocycles. The molecule has 5 rings (SSSR count). The minimum atomic E-state index is -4.55. The summed E-state index contributed by atoms with van der Waals surface area (Å²) in [6.45, 7) is 1.89. The number of carbonyl (C=O) groups excluding carboxylic acids is 1. The SMILES string of the molecule is Cc1ccc(CC(C(=O)O)n2cc(-c3ccc(C(F)(F)F)cc3)cc(NC(=O)c3ccc(-c4ccccc4)cc3)c2=O)cc1. The molecule has 0 saturated carbocycles. The number of nitrogens with zero attached hydrogens (tertiary/aromatic N) is 1. The van der Waals surface area contributed by atoms with Gasteiger partial charge < -0.3 is 10.4 Å². The first-order valence-corrected chi connectivity index (χ1v) is 13.7. The van der Waals surface area contributed by atoms with Gasteiger partial charge in [0, 0.05) is 23.7 Å². The molecule has 44 heavy (non-hydrogen) atoms. The number of aromatic nitrogens is 1. The molecular weight excluding hydrogens is 569 g/mol. The topological polar surface area (TPSA) is 88.4 Å². The van der Waals surface area contributed by atoms with E-state index in [0.29, 0.717) is 11.1 Å². The molecule has 0 saturated heterocycles. The third-order valence-corrected chi connectivity index (χ3v) is 7.26. The third kappa shape index (κ3) is 6.78. The smallest absolute Gasteiger partial charge is 0.416 e. The summed E-state index contributed by atoms with van der Waals surface area (Å²) >= 11 is 0. The zero-order valence-electron chi connectivity index (χ0n) is 23.5. The van der Waals surface area contributed by atoms with E-state index < -0.39 is 35.2 Å². The van der Waals surface area contributed by atoms with Crippen molar-refractivity contribution in [3.63, 3.8) is 0 Å². The van der Waals surface area contributed by atoms with Crippen molar-refractivity contribution in [3.8, 4) is 22.3 Å². The average molecular weight is 597 g/mol. The maximum absolute atomic E-state index is 13.7. The standard InChI is InChI=1S/C35H27F3N2O4/c1-22-7-9-23(10-8-22)19-31(34(43)44)40-21-28(26-15-17-29(18-16-26)35(36,37)38)20-30(33(40)42)39-32(41)27-13-11-25(12-14-27)24-5-3-2-4-6-24/h2-18,20-21,31H,19H2,1H3,(H,39,41)(H,43,44). The summed E-state index contributed by atoms with van der Waals surface area (Å²) in [5.41, 5.74) is 2.45. The number of halogens is 3. The molecule has 0 aliphatic rings. The van der Waals surface area contributed by atoms with Crippen LogP contribution in [0.3, 0.4) is 0 Å². The zero-order valence-corrected chi connectivity index (χ0v) is 23.5. The molecule has 222 valence electrons. The second-order valence-corrected chi connectivity index (χ2v) is 10.4. The number of carboxylic acid groups (broad SMARTS) is 1. The highest BCUT2D eigenvalue weighted by Gasteiger charge is 2.30. The quantitative estimate of drug-likeness (QED) is 0.193. The molecule has 5 aromatic rings. The average Bonchev–Trinajstić information content (AvgIpc) is 3.02. The number of anilines is 1. The number of carboxylic acids is 1. The fraction of sp³-hybridized carbons (Fsp3) is 0.114. The molecule has 1 heterocycles. The summed E-state index contributed by atoms with van der Waals surface area (Å²) in [6.07, 6.45) is -3.29. The van der Waals surface area contributed by atoms with E-state index in [0.717, 1.165) is 33.4 Å². The monoisotopic (exact) mass is 596 g/mol. The van der Waals surface area contributed by atoms with Crippen LogP contribution in [0.5, 0.6) is 0 Å². The van der Waals surface area contributed by atoms with Crippen molar-refractivity contribution in [2.75, 3.05) is 5.32 Å². The fourth-order valence-electron chi connectivity index (χ4n) is 4.82. The number of amides is 1. The summed E-state index contributed by atoms with van der Waals surface area (Å²) in [7, 11) is 0. The van der Waals surface area contributed by atoms with Crippen molar-refractivity contribution in [2.45, 2.75) is 25.6 Å². The Balaban J connectivity index is 1.54. The number of nitrogens with one attached hydrogen (secondary N) is 1. The van der Waals surface area contributed by atoms with Crippen LogP contribution in [0, 0.1) is 6.92 Å². The van der Waals surface area contributed by atoms with Crippen LogP contribution in [0.25, 0.3) is 22.3 Å². The molecule has 1 amide bonds. The first-order chi connectivity index (χ1) is 21.0. The van der Waals surface area contributed by atoms with Crippen LogP contribution >= 0.6 is 0 Å². The number of benzene rings is 4. The second kappa shape index (κ2) is 12.4. The van der Waals surface area contributed by atoms with Gasteiger partial charge in [-0.2, -0.15) is 13.2 Å². The molecule has 6 nitrogen and oxygen atoms in total. The van der Waals surface area contributed by atoms with Crippen LogP contribution in [0.2, 0.25) is 0 Å². The Kier molecular flexibility index (Phi) is 8.48. The highest BCUT2D eigenvalue weighted by Crippen LogP contribution is 2.32. The normalized spacial score (nSPS) is 12.0. The maximum Gasteiger partial charge on any atom is 0.416 e. The van der Waals surface area contributed by atoms with Gasteiger partial charge in [-0.05, 0) is 59.5 Å². The Morgan fingerprint density at radius 1 is 0.795 bits per heavy atom. The number of rotatable bonds is 8. The number of pyridine rings is 1. The molecule has 0 fully saturated rings. The third-order valence-electron chi connectivity index (χ3n) is 7.26. The lowest BCUT2D eigenvalue weighted by molar-refractivity contribution is -0.141. The van der Waals surface area contributed by atoms with Crippen molar-refractivity contribution in [3.05, 3.63) is 148 Å². The lowest BCUT2D eigenvalue weighted by Crippen LogP contribution is -2.33. The largest absolute Gasteiger partial charge is 0.480 e. The van der Waals surface area contributed by atoms with E-state index in [4.69, 9.17) is 0 Å². The molecule has 0 aliphatic heterocycles. The van der Waals surface area contributed by atoms with E-state index in [1.165, 1.54) is 24.4 Å². The van der Waals surface area contributed by atoms with Gasteiger partial charge in [0.25, 0.3) is 11.5 Å². The summed E-state index contributed by atoms with van der Waals surface area (Å²) in [5, 5.41) is 12.7. The molecule has 0 aliphatic carbocycles. The molecule has 1 unspecified atom stereocenters. The predicted octanol–water partition coefficient (Wildman–Crippen LogP) is 7.63. The van der Waals surface area contributed by atoms with Crippen molar-refractivity contribution >= 4 is 17.6 Å². The molecule has 0 bridgehead atoms. The number of aliphatic carboxylic acids is 1. The molecule has 2 N–H and O–H groups in total. The van der Waals surface area contributed by atoms with Gasteiger partial charge in [-0.1, -0.05) is 84.4 Å². The van der Waals surface area contributed by atoms with Gasteiger partial charge in [-0.25, -0.2) is 4.79 Å². The van der Waals surface area contributed by atoms with Crippen LogP contribution in [-0.4, -0.2) is 21.6 Å². The van der Waals surface area contributed by atoms with Gasteiger partial charge in [0.2, 0.25) is 0 Å². The van der Waals surface area contributed by atoms with Gasteiger partial charge in [-0.3, -0.25) is 14.2 Å². The van der Waals surface area contributed by atoms with Crippen molar-refractivity contribution in [1.82, 2.24) is 4.57 Å². The van der Waals surface area contributed by atoms with E-state index >= 15 is 0 Å². The lowest BCUT2D eigenvalue weighted by Gasteiger charge is -2.19. The van der Waals surface area contributed by atoms with Crippen molar-refractivity contribution in [1.29, 1.82) is 0 Å². The van der Waals surface area contributed by atoms with Crippen molar-refractivity contribution < 1.29 is 27.9 Å². The van der Waals surface area contributed by atoms with Crippen LogP contribution in [0.1, 0.15) is 33.1 Å². The molecule has 1 aromatic heterocycles. The Morgan fingerprint density at radius 2 is 1.36 bits per heavy atom. The minimum Gasteiger partial charge on any atom is -0.480 e.